The van der Waals surface area contributed by atoms with Gasteiger partial charge in [-0.25, -0.2) is 4.98 Å². The van der Waals surface area contributed by atoms with Crippen molar-refractivity contribution in [3.63, 3.8) is 0 Å². The summed E-state index contributed by atoms with van der Waals surface area (Å²) < 4.78 is 10.4. The maximum absolute atomic E-state index is 12.5. The van der Waals surface area contributed by atoms with Gasteiger partial charge in [-0.15, -0.1) is 11.3 Å². The van der Waals surface area contributed by atoms with E-state index in [0.717, 1.165) is 24.9 Å². The number of hydrogen-bond acceptors (Lipinski definition) is 6. The van der Waals surface area contributed by atoms with Crippen molar-refractivity contribution < 1.29 is 19.1 Å². The second kappa shape index (κ2) is 11.3. The maximum Gasteiger partial charge on any atom is 0.257 e. The predicted molar refractivity (Wildman–Crippen MR) is 127 cm³/mol. The van der Waals surface area contributed by atoms with Gasteiger partial charge in [-0.3, -0.25) is 14.9 Å². The molecule has 1 aromatic heterocycles. The van der Waals surface area contributed by atoms with Crippen LogP contribution in [0.4, 0.5) is 10.8 Å². The van der Waals surface area contributed by atoms with Gasteiger partial charge in [0.2, 0.25) is 5.91 Å². The predicted octanol–water partition coefficient (Wildman–Crippen LogP) is 4.94. The van der Waals surface area contributed by atoms with E-state index in [9.17, 15) is 9.59 Å². The van der Waals surface area contributed by atoms with Crippen molar-refractivity contribution in [2.24, 2.45) is 0 Å². The lowest BCUT2D eigenvalue weighted by Crippen LogP contribution is -2.15. The van der Waals surface area contributed by atoms with Crippen molar-refractivity contribution in [3.05, 3.63) is 64.7 Å². The van der Waals surface area contributed by atoms with Crippen LogP contribution in [0.15, 0.2) is 47.8 Å². The molecule has 0 unspecified atom stereocenters. The summed E-state index contributed by atoms with van der Waals surface area (Å²) in [4.78, 5) is 29.2. The number of thiazole rings is 1. The van der Waals surface area contributed by atoms with E-state index >= 15 is 0 Å². The van der Waals surface area contributed by atoms with Gasteiger partial charge < -0.3 is 14.8 Å². The molecule has 0 saturated carbocycles. The summed E-state index contributed by atoms with van der Waals surface area (Å²) in [6, 6.07) is 12.8. The smallest absolute Gasteiger partial charge is 0.257 e. The topological polar surface area (TPSA) is 89.6 Å². The van der Waals surface area contributed by atoms with Crippen molar-refractivity contribution in [3.8, 4) is 11.5 Å². The second-order valence-corrected chi connectivity index (χ2v) is 8.05. The monoisotopic (exact) mass is 453 g/mol. The van der Waals surface area contributed by atoms with Gasteiger partial charge in [-0.2, -0.15) is 0 Å². The molecule has 0 bridgehead atoms. The highest BCUT2D eigenvalue weighted by Gasteiger charge is 2.14. The van der Waals surface area contributed by atoms with E-state index in [1.54, 1.807) is 23.6 Å². The fourth-order valence-corrected chi connectivity index (χ4v) is 3.80. The first-order valence-electron chi connectivity index (χ1n) is 10.4. The van der Waals surface area contributed by atoms with Crippen LogP contribution in [0.3, 0.4) is 0 Å². The largest absolute Gasteiger partial charge is 0.493 e. The molecule has 0 aliphatic rings. The van der Waals surface area contributed by atoms with Crippen LogP contribution in [-0.2, 0) is 17.6 Å². The lowest BCUT2D eigenvalue weighted by Gasteiger charge is -2.09. The Bertz CT molecular complexity index is 1060. The first-order chi connectivity index (χ1) is 15.5. The zero-order chi connectivity index (χ0) is 22.9. The van der Waals surface area contributed by atoms with Crippen LogP contribution in [0.1, 0.15) is 41.4 Å². The third kappa shape index (κ3) is 6.31. The Morgan fingerprint density at radius 3 is 2.44 bits per heavy atom. The third-order valence-electron chi connectivity index (χ3n) is 4.82. The van der Waals surface area contributed by atoms with E-state index < -0.39 is 0 Å². The van der Waals surface area contributed by atoms with Gasteiger partial charge >= 0.3 is 0 Å². The summed E-state index contributed by atoms with van der Waals surface area (Å²) in [6.07, 6.45) is 3.48. The van der Waals surface area contributed by atoms with Crippen molar-refractivity contribution in [1.29, 1.82) is 0 Å². The number of ether oxygens (including phenoxy) is 2. The Balaban J connectivity index is 1.55. The van der Waals surface area contributed by atoms with Gasteiger partial charge in [-0.05, 0) is 48.7 Å². The van der Waals surface area contributed by atoms with Gasteiger partial charge in [0.25, 0.3) is 5.91 Å². The minimum absolute atomic E-state index is 0.125. The van der Waals surface area contributed by atoms with Crippen LogP contribution < -0.4 is 20.1 Å². The molecule has 2 aromatic carbocycles. The lowest BCUT2D eigenvalue weighted by atomic mass is 10.1. The molecule has 168 valence electrons. The Labute approximate surface area is 191 Å². The molecular weight excluding hydrogens is 426 g/mol. The molecule has 32 heavy (non-hydrogen) atoms. The van der Waals surface area contributed by atoms with Gasteiger partial charge in [0, 0.05) is 16.6 Å². The average Bonchev–Trinajstić information content (AvgIpc) is 3.24. The normalized spacial score (nSPS) is 10.5. The number of rotatable bonds is 10. The summed E-state index contributed by atoms with van der Waals surface area (Å²) in [7, 11) is 3.05. The average molecular weight is 454 g/mol. The van der Waals surface area contributed by atoms with Crippen LogP contribution >= 0.6 is 11.3 Å². The molecule has 2 amide bonds. The Morgan fingerprint density at radius 2 is 1.75 bits per heavy atom. The van der Waals surface area contributed by atoms with E-state index in [1.165, 1.54) is 31.1 Å². The number of hydrogen-bond donors (Lipinski definition) is 2. The van der Waals surface area contributed by atoms with Crippen LogP contribution in [0.5, 0.6) is 11.5 Å². The van der Waals surface area contributed by atoms with E-state index in [1.807, 2.05) is 24.3 Å². The number of aryl methyl sites for hydroxylation is 1. The van der Waals surface area contributed by atoms with E-state index in [0.29, 0.717) is 27.9 Å². The molecule has 0 aliphatic carbocycles. The summed E-state index contributed by atoms with van der Waals surface area (Å²) in [5, 5.41) is 7.82. The third-order valence-corrected chi connectivity index (χ3v) is 5.62. The van der Waals surface area contributed by atoms with Gasteiger partial charge in [0.1, 0.15) is 0 Å². The Kier molecular flexibility index (Phi) is 8.21. The molecule has 2 N–H and O–H groups in total. The van der Waals surface area contributed by atoms with Crippen LogP contribution in [0.25, 0.3) is 0 Å². The minimum Gasteiger partial charge on any atom is -0.493 e. The van der Waals surface area contributed by atoms with Gasteiger partial charge in [0.05, 0.1) is 26.3 Å². The zero-order valence-corrected chi connectivity index (χ0v) is 19.3. The highest BCUT2D eigenvalue weighted by molar-refractivity contribution is 7.14. The Morgan fingerprint density at radius 1 is 1.00 bits per heavy atom. The Hall–Kier alpha value is -3.39. The molecule has 0 atom stereocenters. The summed E-state index contributed by atoms with van der Waals surface area (Å²) in [5.74, 6) is 0.533. The molecule has 0 fully saturated rings. The molecule has 3 aromatic rings. The number of methoxy groups -OCH3 is 2. The number of aromatic nitrogens is 1. The first-order valence-corrected chi connectivity index (χ1v) is 11.3. The molecular formula is C24H27N3O4S. The van der Waals surface area contributed by atoms with Crippen molar-refractivity contribution >= 4 is 34.0 Å². The molecule has 3 rings (SSSR count). The summed E-state index contributed by atoms with van der Waals surface area (Å²) in [6.45, 7) is 2.17. The van der Waals surface area contributed by atoms with E-state index in [-0.39, 0.29) is 18.2 Å². The fourth-order valence-electron chi connectivity index (χ4n) is 3.10. The number of carbonyl (C=O) groups excluding carboxylic acids is 2. The summed E-state index contributed by atoms with van der Waals surface area (Å²) in [5.41, 5.74) is 3.03. The van der Waals surface area contributed by atoms with Crippen molar-refractivity contribution in [1.82, 2.24) is 4.98 Å². The number of carbonyl (C=O) groups is 2. The molecule has 0 radical (unpaired) electrons. The van der Waals surface area contributed by atoms with E-state index in [4.69, 9.17) is 9.47 Å². The fraction of sp³-hybridized carbons (Fsp3) is 0.292. The lowest BCUT2D eigenvalue weighted by molar-refractivity contribution is -0.115. The minimum atomic E-state index is -0.320. The molecule has 7 nitrogen and oxygen atoms in total. The highest BCUT2D eigenvalue weighted by Crippen LogP contribution is 2.28. The van der Waals surface area contributed by atoms with Crippen LogP contribution in [0.2, 0.25) is 0 Å². The van der Waals surface area contributed by atoms with Crippen LogP contribution in [-0.4, -0.2) is 31.0 Å². The van der Waals surface area contributed by atoms with Crippen LogP contribution in [0, 0.1) is 0 Å². The standard InChI is InChI=1S/C24H27N3O4S/c1-4-5-6-16-7-10-18(11-8-16)25-22(28)14-19-15-32-24(26-19)27-23(29)17-9-12-20(30-2)21(13-17)31-3/h7-13,15H,4-6,14H2,1-3H3,(H,25,28)(H,26,27,29). The van der Waals surface area contributed by atoms with Gasteiger partial charge in [-0.1, -0.05) is 25.5 Å². The highest BCUT2D eigenvalue weighted by atomic mass is 32.1. The number of amides is 2. The second-order valence-electron chi connectivity index (χ2n) is 7.19. The molecule has 0 spiro atoms. The number of unbranched alkanes of at least 4 members (excludes halogenated alkanes) is 1. The molecule has 8 heteroatoms. The quantitative estimate of drug-likeness (QED) is 0.454. The number of benzene rings is 2. The first kappa shape index (κ1) is 23.3. The number of nitrogens with one attached hydrogen (secondary N) is 2. The number of nitrogens with zero attached hydrogens (tertiary/aromatic N) is 1. The maximum atomic E-state index is 12.5. The number of anilines is 2. The zero-order valence-electron chi connectivity index (χ0n) is 18.4. The van der Waals surface area contributed by atoms with E-state index in [2.05, 4.69) is 22.5 Å². The molecule has 0 saturated heterocycles. The van der Waals surface area contributed by atoms with Crippen molar-refractivity contribution in [2.75, 3.05) is 24.9 Å². The molecule has 0 aliphatic heterocycles. The van der Waals surface area contributed by atoms with Crippen molar-refractivity contribution in [2.45, 2.75) is 32.6 Å². The molecule has 1 heterocycles. The van der Waals surface area contributed by atoms with Gasteiger partial charge in [0.15, 0.2) is 16.6 Å². The summed E-state index contributed by atoms with van der Waals surface area (Å²) >= 11 is 1.27. The SMILES string of the molecule is CCCCc1ccc(NC(=O)Cc2csc(NC(=O)c3ccc(OC)c(OC)c3)n2)cc1.